The molecule has 0 atom stereocenters. The van der Waals surface area contributed by atoms with Gasteiger partial charge >= 0.3 is 5.97 Å². The zero-order valence-corrected chi connectivity index (χ0v) is 21.1. The first kappa shape index (κ1) is 24.4. The van der Waals surface area contributed by atoms with E-state index < -0.39 is 5.97 Å². The number of benzene rings is 3. The molecule has 0 bridgehead atoms. The standard InChI is InChI=1S/C30H28O7/c1-4-8-19-15-22-26(17-25(19)37-30(32)21-9-5-6-10-23(21)33-3)36-18(2)28(29(22)31)20-11-12-24-27(16-20)35-14-7-13-34-24/h5-6,9-12,15-17H,4,7-8,13-14H2,1-3H3. The normalized spacial score (nSPS) is 12.7. The van der Waals surface area contributed by atoms with Crippen molar-refractivity contribution in [3.63, 3.8) is 0 Å². The summed E-state index contributed by atoms with van der Waals surface area (Å²) in [5.74, 6) is 1.97. The van der Waals surface area contributed by atoms with Crippen molar-refractivity contribution in [2.45, 2.75) is 33.1 Å². The molecule has 0 N–H and O–H groups in total. The summed E-state index contributed by atoms with van der Waals surface area (Å²) in [6.07, 6.45) is 2.22. The molecule has 0 aliphatic carbocycles. The van der Waals surface area contributed by atoms with Crippen LogP contribution in [0.3, 0.4) is 0 Å². The number of para-hydroxylation sites is 1. The Morgan fingerprint density at radius 1 is 0.973 bits per heavy atom. The highest BCUT2D eigenvalue weighted by Crippen LogP contribution is 2.36. The number of aryl methyl sites for hydroxylation is 2. The van der Waals surface area contributed by atoms with E-state index in [-0.39, 0.29) is 5.43 Å². The summed E-state index contributed by atoms with van der Waals surface area (Å²) in [6, 6.07) is 15.8. The molecular formula is C30H28O7. The van der Waals surface area contributed by atoms with E-state index in [1.165, 1.54) is 7.11 Å². The van der Waals surface area contributed by atoms with E-state index in [2.05, 4.69) is 0 Å². The van der Waals surface area contributed by atoms with Crippen LogP contribution in [0.15, 0.2) is 63.8 Å². The van der Waals surface area contributed by atoms with Crippen LogP contribution in [0.25, 0.3) is 22.1 Å². The first-order valence-electron chi connectivity index (χ1n) is 12.4. The summed E-state index contributed by atoms with van der Waals surface area (Å²) < 4.78 is 28.8. The van der Waals surface area contributed by atoms with Crippen molar-refractivity contribution in [2.75, 3.05) is 20.3 Å². The van der Waals surface area contributed by atoms with Gasteiger partial charge in [-0.25, -0.2) is 4.79 Å². The summed E-state index contributed by atoms with van der Waals surface area (Å²) in [4.78, 5) is 26.7. The van der Waals surface area contributed by atoms with Gasteiger partial charge in [0.1, 0.15) is 28.4 Å². The molecule has 7 nitrogen and oxygen atoms in total. The molecule has 2 heterocycles. The SMILES string of the molecule is CCCc1cc2c(=O)c(-c3ccc4c(c3)OCCCO4)c(C)oc2cc1OC(=O)c1ccccc1OC. The van der Waals surface area contributed by atoms with Crippen LogP contribution in [0.1, 0.15) is 41.4 Å². The Bertz CT molecular complexity index is 1530. The number of hydrogen-bond acceptors (Lipinski definition) is 7. The van der Waals surface area contributed by atoms with Gasteiger partial charge in [-0.2, -0.15) is 0 Å². The molecule has 7 heteroatoms. The summed E-state index contributed by atoms with van der Waals surface area (Å²) >= 11 is 0. The summed E-state index contributed by atoms with van der Waals surface area (Å²) in [7, 11) is 1.50. The van der Waals surface area contributed by atoms with Gasteiger partial charge in [-0.05, 0) is 54.8 Å². The molecule has 0 fully saturated rings. The second kappa shape index (κ2) is 10.4. The number of esters is 1. The van der Waals surface area contributed by atoms with Gasteiger partial charge in [0.05, 0.1) is 31.3 Å². The van der Waals surface area contributed by atoms with Crippen LogP contribution in [0.4, 0.5) is 0 Å². The Hall–Kier alpha value is -4.26. The summed E-state index contributed by atoms with van der Waals surface area (Å²) in [5, 5.41) is 0.424. The van der Waals surface area contributed by atoms with Crippen molar-refractivity contribution < 1.29 is 28.2 Å². The van der Waals surface area contributed by atoms with Crippen LogP contribution >= 0.6 is 0 Å². The van der Waals surface area contributed by atoms with Crippen LogP contribution < -0.4 is 24.4 Å². The lowest BCUT2D eigenvalue weighted by Crippen LogP contribution is -2.13. The molecule has 37 heavy (non-hydrogen) atoms. The lowest BCUT2D eigenvalue weighted by atomic mass is 9.99. The van der Waals surface area contributed by atoms with E-state index in [0.29, 0.717) is 76.1 Å². The second-order valence-corrected chi connectivity index (χ2v) is 8.87. The van der Waals surface area contributed by atoms with Crippen LogP contribution in [0.5, 0.6) is 23.0 Å². The minimum atomic E-state index is -0.544. The van der Waals surface area contributed by atoms with E-state index in [4.69, 9.17) is 23.4 Å². The Balaban J connectivity index is 1.58. The first-order chi connectivity index (χ1) is 18.0. The van der Waals surface area contributed by atoms with E-state index in [1.54, 1.807) is 43.3 Å². The maximum atomic E-state index is 13.7. The zero-order valence-electron chi connectivity index (χ0n) is 21.1. The number of ether oxygens (including phenoxy) is 4. The molecule has 4 aromatic rings. The number of carbonyl (C=O) groups excluding carboxylic acids is 1. The fourth-order valence-electron chi connectivity index (χ4n) is 4.56. The summed E-state index contributed by atoms with van der Waals surface area (Å²) in [6.45, 7) is 4.92. The van der Waals surface area contributed by atoms with Crippen molar-refractivity contribution in [2.24, 2.45) is 0 Å². The fourth-order valence-corrected chi connectivity index (χ4v) is 4.56. The Morgan fingerprint density at radius 3 is 2.54 bits per heavy atom. The molecule has 0 unspecified atom stereocenters. The average molecular weight is 501 g/mol. The second-order valence-electron chi connectivity index (χ2n) is 8.87. The van der Waals surface area contributed by atoms with Crippen molar-refractivity contribution in [1.29, 1.82) is 0 Å². The molecule has 0 amide bonds. The zero-order chi connectivity index (χ0) is 25.9. The quantitative estimate of drug-likeness (QED) is 0.233. The predicted molar refractivity (Wildman–Crippen MR) is 140 cm³/mol. The maximum absolute atomic E-state index is 13.7. The van der Waals surface area contributed by atoms with Crippen molar-refractivity contribution in [3.05, 3.63) is 81.7 Å². The third kappa shape index (κ3) is 4.77. The van der Waals surface area contributed by atoms with E-state index in [0.717, 1.165) is 18.4 Å². The van der Waals surface area contributed by atoms with Gasteiger partial charge in [0.2, 0.25) is 5.43 Å². The van der Waals surface area contributed by atoms with Crippen LogP contribution in [0.2, 0.25) is 0 Å². The van der Waals surface area contributed by atoms with Gasteiger partial charge in [0.15, 0.2) is 11.5 Å². The molecule has 5 rings (SSSR count). The number of methoxy groups -OCH3 is 1. The van der Waals surface area contributed by atoms with E-state index >= 15 is 0 Å². The molecule has 0 saturated heterocycles. The van der Waals surface area contributed by atoms with Gasteiger partial charge in [-0.3, -0.25) is 4.79 Å². The van der Waals surface area contributed by atoms with Crippen molar-refractivity contribution >= 4 is 16.9 Å². The molecule has 0 saturated carbocycles. The predicted octanol–water partition coefficient (Wildman–Crippen LogP) is 6.11. The van der Waals surface area contributed by atoms with Crippen molar-refractivity contribution in [3.8, 4) is 34.1 Å². The highest BCUT2D eigenvalue weighted by Gasteiger charge is 2.21. The Morgan fingerprint density at radius 2 is 1.76 bits per heavy atom. The van der Waals surface area contributed by atoms with Gasteiger partial charge in [-0.15, -0.1) is 0 Å². The van der Waals surface area contributed by atoms with Crippen molar-refractivity contribution in [1.82, 2.24) is 0 Å². The molecule has 1 aliphatic rings. The molecule has 1 aliphatic heterocycles. The fraction of sp³-hybridized carbons (Fsp3) is 0.267. The van der Waals surface area contributed by atoms with Crippen LogP contribution in [0, 0.1) is 6.92 Å². The van der Waals surface area contributed by atoms with Gasteiger partial charge in [0, 0.05) is 12.5 Å². The molecule has 0 radical (unpaired) electrons. The minimum absolute atomic E-state index is 0.159. The maximum Gasteiger partial charge on any atom is 0.347 e. The highest BCUT2D eigenvalue weighted by molar-refractivity contribution is 5.95. The lowest BCUT2D eigenvalue weighted by Gasteiger charge is -2.14. The molecule has 190 valence electrons. The number of hydrogen-bond donors (Lipinski definition) is 0. The van der Waals surface area contributed by atoms with E-state index in [9.17, 15) is 9.59 Å². The van der Waals surface area contributed by atoms with Gasteiger partial charge in [-0.1, -0.05) is 31.5 Å². The average Bonchev–Trinajstić information content (AvgIpc) is 3.14. The monoisotopic (exact) mass is 500 g/mol. The topological polar surface area (TPSA) is 84.2 Å². The van der Waals surface area contributed by atoms with Crippen LogP contribution in [-0.2, 0) is 6.42 Å². The molecule has 1 aromatic heterocycles. The Labute approximate surface area is 214 Å². The van der Waals surface area contributed by atoms with Gasteiger partial charge < -0.3 is 23.4 Å². The third-order valence-corrected chi connectivity index (χ3v) is 6.33. The number of rotatable bonds is 6. The van der Waals surface area contributed by atoms with Crippen LogP contribution in [-0.4, -0.2) is 26.3 Å². The minimum Gasteiger partial charge on any atom is -0.496 e. The van der Waals surface area contributed by atoms with E-state index in [1.807, 2.05) is 25.1 Å². The Kier molecular flexibility index (Phi) is 6.86. The number of fused-ring (bicyclic) bond motifs is 2. The largest absolute Gasteiger partial charge is 0.496 e. The summed E-state index contributed by atoms with van der Waals surface area (Å²) in [5.41, 5.74) is 2.41. The molecule has 3 aromatic carbocycles. The smallest absolute Gasteiger partial charge is 0.347 e. The first-order valence-corrected chi connectivity index (χ1v) is 12.4. The highest BCUT2D eigenvalue weighted by atomic mass is 16.5. The van der Waals surface area contributed by atoms with Gasteiger partial charge in [0.25, 0.3) is 0 Å². The lowest BCUT2D eigenvalue weighted by molar-refractivity contribution is 0.0729. The molecule has 0 spiro atoms. The molecular weight excluding hydrogens is 472 g/mol. The third-order valence-electron chi connectivity index (χ3n) is 6.33. The number of carbonyl (C=O) groups is 1.